The van der Waals surface area contributed by atoms with Crippen LogP contribution in [0.2, 0.25) is 0 Å². The van der Waals surface area contributed by atoms with Gasteiger partial charge in [0.05, 0.1) is 17.6 Å². The van der Waals surface area contributed by atoms with Crippen LogP contribution >= 0.6 is 0 Å². The molecule has 0 spiro atoms. The molecule has 2 fully saturated rings. The number of rotatable bonds is 2. The first-order valence-corrected chi connectivity index (χ1v) is 7.30. The Bertz CT molecular complexity index is 290. The Morgan fingerprint density at radius 1 is 1.12 bits per heavy atom. The molecule has 0 aromatic carbocycles. The summed E-state index contributed by atoms with van der Waals surface area (Å²) < 4.78 is 0. The molecular formula is C15H25NO. The van der Waals surface area contributed by atoms with E-state index in [1.165, 1.54) is 38.5 Å². The second-order valence-corrected chi connectivity index (χ2v) is 6.09. The zero-order valence-corrected chi connectivity index (χ0v) is 11.0. The third-order valence-electron chi connectivity index (χ3n) is 5.15. The topological polar surface area (TPSA) is 44.0 Å². The lowest BCUT2D eigenvalue weighted by Crippen LogP contribution is -2.49. The van der Waals surface area contributed by atoms with Crippen LogP contribution in [0.1, 0.15) is 64.7 Å². The van der Waals surface area contributed by atoms with Crippen molar-refractivity contribution in [1.29, 1.82) is 5.26 Å². The van der Waals surface area contributed by atoms with Gasteiger partial charge in [0.25, 0.3) is 0 Å². The molecule has 2 heteroatoms. The van der Waals surface area contributed by atoms with Crippen molar-refractivity contribution >= 4 is 0 Å². The molecule has 2 nitrogen and oxygen atoms in total. The molecule has 2 rings (SSSR count). The minimum atomic E-state index is -0.699. The fourth-order valence-electron chi connectivity index (χ4n) is 4.04. The Morgan fingerprint density at radius 2 is 1.76 bits per heavy atom. The van der Waals surface area contributed by atoms with E-state index in [0.29, 0.717) is 11.8 Å². The van der Waals surface area contributed by atoms with E-state index in [1.807, 2.05) is 6.92 Å². The minimum Gasteiger partial charge on any atom is -0.388 e. The van der Waals surface area contributed by atoms with E-state index in [4.69, 9.17) is 5.26 Å². The number of aliphatic hydroxyl groups is 1. The summed E-state index contributed by atoms with van der Waals surface area (Å²) in [7, 11) is 0. The standard InChI is InChI=1S/C15H25NO/c1-12(11-16)15(17)10-6-5-9-14(15)13-7-3-2-4-8-13/h12-14,17H,2-10H2,1H3. The van der Waals surface area contributed by atoms with Crippen LogP contribution in [-0.2, 0) is 0 Å². The maximum atomic E-state index is 10.9. The lowest BCUT2D eigenvalue weighted by Gasteiger charge is -2.46. The van der Waals surface area contributed by atoms with Gasteiger partial charge in [-0.1, -0.05) is 44.9 Å². The fourth-order valence-corrected chi connectivity index (χ4v) is 4.04. The van der Waals surface area contributed by atoms with Gasteiger partial charge in [0.15, 0.2) is 0 Å². The highest BCUT2D eigenvalue weighted by Gasteiger charge is 2.46. The zero-order valence-electron chi connectivity index (χ0n) is 11.0. The maximum Gasteiger partial charge on any atom is 0.0833 e. The molecule has 0 aromatic heterocycles. The molecule has 0 amide bonds. The summed E-state index contributed by atoms with van der Waals surface area (Å²) >= 11 is 0. The lowest BCUT2D eigenvalue weighted by molar-refractivity contribution is -0.0999. The Morgan fingerprint density at radius 3 is 2.41 bits per heavy atom. The van der Waals surface area contributed by atoms with Crippen LogP contribution in [0, 0.1) is 29.1 Å². The molecule has 1 N–H and O–H groups in total. The van der Waals surface area contributed by atoms with Gasteiger partial charge in [0, 0.05) is 0 Å². The first-order chi connectivity index (χ1) is 8.18. The molecule has 0 heterocycles. The average molecular weight is 235 g/mol. The quantitative estimate of drug-likeness (QED) is 0.794. The van der Waals surface area contributed by atoms with Crippen molar-refractivity contribution < 1.29 is 5.11 Å². The third kappa shape index (κ3) is 2.50. The number of hydrogen-bond acceptors (Lipinski definition) is 2. The third-order valence-corrected chi connectivity index (χ3v) is 5.15. The maximum absolute atomic E-state index is 10.9. The Kier molecular flexibility index (Phi) is 4.09. The summed E-state index contributed by atoms with van der Waals surface area (Å²) in [6, 6.07) is 2.29. The van der Waals surface area contributed by atoms with Crippen molar-refractivity contribution in [2.75, 3.05) is 0 Å². The van der Waals surface area contributed by atoms with E-state index in [2.05, 4.69) is 6.07 Å². The van der Waals surface area contributed by atoms with Gasteiger partial charge in [-0.05, 0) is 31.6 Å². The van der Waals surface area contributed by atoms with Crippen LogP contribution in [0.5, 0.6) is 0 Å². The first-order valence-electron chi connectivity index (χ1n) is 7.30. The Labute approximate surface area is 105 Å². The average Bonchev–Trinajstić information content (AvgIpc) is 2.39. The second kappa shape index (κ2) is 5.40. The minimum absolute atomic E-state index is 0.213. The largest absolute Gasteiger partial charge is 0.388 e. The smallest absolute Gasteiger partial charge is 0.0833 e. The monoisotopic (exact) mass is 235 g/mol. The summed E-state index contributed by atoms with van der Waals surface area (Å²) in [5, 5.41) is 20.1. The number of nitrogens with zero attached hydrogens (tertiary/aromatic N) is 1. The van der Waals surface area contributed by atoms with E-state index in [-0.39, 0.29) is 5.92 Å². The van der Waals surface area contributed by atoms with Crippen LogP contribution in [-0.4, -0.2) is 10.7 Å². The molecule has 3 unspecified atom stereocenters. The second-order valence-electron chi connectivity index (χ2n) is 6.09. The molecule has 2 saturated carbocycles. The van der Waals surface area contributed by atoms with Gasteiger partial charge >= 0.3 is 0 Å². The van der Waals surface area contributed by atoms with E-state index < -0.39 is 5.60 Å². The molecule has 0 bridgehead atoms. The summed E-state index contributed by atoms with van der Waals surface area (Å²) in [6.07, 6.45) is 10.8. The van der Waals surface area contributed by atoms with E-state index in [1.54, 1.807) is 0 Å². The van der Waals surface area contributed by atoms with Crippen molar-refractivity contribution in [3.8, 4) is 6.07 Å². The van der Waals surface area contributed by atoms with Crippen molar-refractivity contribution in [2.45, 2.75) is 70.3 Å². The van der Waals surface area contributed by atoms with Crippen LogP contribution in [0.25, 0.3) is 0 Å². The summed E-state index contributed by atoms with van der Waals surface area (Å²) in [5.74, 6) is 0.839. The van der Waals surface area contributed by atoms with Crippen LogP contribution in [0.4, 0.5) is 0 Å². The van der Waals surface area contributed by atoms with E-state index >= 15 is 0 Å². The summed E-state index contributed by atoms with van der Waals surface area (Å²) in [4.78, 5) is 0. The molecule has 0 aliphatic heterocycles. The van der Waals surface area contributed by atoms with E-state index in [9.17, 15) is 5.11 Å². The predicted octanol–water partition coefficient (Wildman–Crippen LogP) is 3.65. The molecule has 96 valence electrons. The van der Waals surface area contributed by atoms with Gasteiger partial charge in [-0.15, -0.1) is 0 Å². The SMILES string of the molecule is CC(C#N)C1(O)CCCCC1C1CCCCC1. The normalized spacial score (nSPS) is 37.4. The lowest BCUT2D eigenvalue weighted by atomic mass is 9.62. The fraction of sp³-hybridized carbons (Fsp3) is 0.933. The van der Waals surface area contributed by atoms with Crippen LogP contribution in [0.3, 0.4) is 0 Å². The molecule has 0 aromatic rings. The summed E-state index contributed by atoms with van der Waals surface area (Å²) in [5.41, 5.74) is -0.699. The molecule has 0 radical (unpaired) electrons. The highest BCUT2D eigenvalue weighted by Crippen LogP contribution is 2.46. The zero-order chi connectivity index (χ0) is 12.3. The Balaban J connectivity index is 2.13. The Hall–Kier alpha value is -0.550. The predicted molar refractivity (Wildman–Crippen MR) is 68.3 cm³/mol. The van der Waals surface area contributed by atoms with E-state index in [0.717, 1.165) is 19.3 Å². The highest BCUT2D eigenvalue weighted by molar-refractivity contribution is 5.03. The number of nitriles is 1. The molecule has 0 saturated heterocycles. The number of hydrogen-bond donors (Lipinski definition) is 1. The van der Waals surface area contributed by atoms with Crippen molar-refractivity contribution in [3.05, 3.63) is 0 Å². The van der Waals surface area contributed by atoms with Crippen molar-refractivity contribution in [3.63, 3.8) is 0 Å². The summed E-state index contributed by atoms with van der Waals surface area (Å²) in [6.45, 7) is 1.90. The molecular weight excluding hydrogens is 210 g/mol. The van der Waals surface area contributed by atoms with Crippen molar-refractivity contribution in [2.24, 2.45) is 17.8 Å². The van der Waals surface area contributed by atoms with Gasteiger partial charge in [-0.2, -0.15) is 5.26 Å². The van der Waals surface area contributed by atoms with Crippen molar-refractivity contribution in [1.82, 2.24) is 0 Å². The molecule has 2 aliphatic rings. The first kappa shape index (κ1) is 12.9. The van der Waals surface area contributed by atoms with Gasteiger partial charge in [-0.3, -0.25) is 0 Å². The molecule has 2 aliphatic carbocycles. The molecule has 17 heavy (non-hydrogen) atoms. The van der Waals surface area contributed by atoms with Gasteiger partial charge in [0.1, 0.15) is 0 Å². The van der Waals surface area contributed by atoms with Gasteiger partial charge < -0.3 is 5.11 Å². The highest BCUT2D eigenvalue weighted by atomic mass is 16.3. The van der Waals surface area contributed by atoms with Crippen LogP contribution < -0.4 is 0 Å². The molecule has 3 atom stereocenters. The van der Waals surface area contributed by atoms with Gasteiger partial charge in [-0.25, -0.2) is 0 Å². The van der Waals surface area contributed by atoms with Crippen LogP contribution in [0.15, 0.2) is 0 Å². The van der Waals surface area contributed by atoms with Gasteiger partial charge in [0.2, 0.25) is 0 Å².